The molecule has 8 heteroatoms. The van der Waals surface area contributed by atoms with Crippen molar-refractivity contribution in [3.8, 4) is 5.75 Å². The fraction of sp³-hybridized carbons (Fsp3) is 0.280. The first kappa shape index (κ1) is 22.4. The lowest BCUT2D eigenvalue weighted by Gasteiger charge is -2.21. The molecule has 0 radical (unpaired) electrons. The molecule has 2 aromatic carbocycles. The molecule has 33 heavy (non-hydrogen) atoms. The van der Waals surface area contributed by atoms with Crippen LogP contribution >= 0.6 is 0 Å². The van der Waals surface area contributed by atoms with Crippen LogP contribution < -0.4 is 25.8 Å². The summed E-state index contributed by atoms with van der Waals surface area (Å²) in [5.41, 5.74) is 2.40. The lowest BCUT2D eigenvalue weighted by molar-refractivity contribution is -0.117. The van der Waals surface area contributed by atoms with Gasteiger partial charge in [0.15, 0.2) is 0 Å². The third-order valence-corrected chi connectivity index (χ3v) is 5.63. The lowest BCUT2D eigenvalue weighted by Crippen LogP contribution is -2.36. The smallest absolute Gasteiger partial charge is 0.257 e. The van der Waals surface area contributed by atoms with E-state index in [1.54, 1.807) is 13.3 Å². The van der Waals surface area contributed by atoms with Gasteiger partial charge in [-0.05, 0) is 60.3 Å². The quantitative estimate of drug-likeness (QED) is 0.344. The van der Waals surface area contributed by atoms with Crippen molar-refractivity contribution in [1.82, 2.24) is 10.3 Å². The van der Waals surface area contributed by atoms with Crippen LogP contribution in [0, 0.1) is 0 Å². The minimum Gasteiger partial charge on any atom is -0.491 e. The molecule has 3 aromatic rings. The molecule has 3 N–H and O–H groups in total. The summed E-state index contributed by atoms with van der Waals surface area (Å²) in [7, 11) is 1.64. The van der Waals surface area contributed by atoms with Crippen LogP contribution in [0.3, 0.4) is 0 Å². The molecular weight excluding hydrogens is 420 g/mol. The SMILES string of the molecule is C=CC(=O)NC1CCN(c2cc(Nc3ccc(OCCOC)cc3)c3c(=O)[nH]ccc3c2)C1. The number of benzene rings is 2. The Balaban J connectivity index is 1.59. The van der Waals surface area contributed by atoms with Gasteiger partial charge in [0.25, 0.3) is 5.56 Å². The van der Waals surface area contributed by atoms with Crippen molar-refractivity contribution < 1.29 is 14.3 Å². The molecule has 1 fully saturated rings. The Labute approximate surface area is 192 Å². The highest BCUT2D eigenvalue weighted by Crippen LogP contribution is 2.32. The first-order valence-corrected chi connectivity index (χ1v) is 10.9. The summed E-state index contributed by atoms with van der Waals surface area (Å²) in [5.74, 6) is 0.586. The number of pyridine rings is 1. The second-order valence-electron chi connectivity index (χ2n) is 7.90. The van der Waals surface area contributed by atoms with Gasteiger partial charge < -0.3 is 30.0 Å². The summed E-state index contributed by atoms with van der Waals surface area (Å²) < 4.78 is 10.6. The number of hydrogen-bond donors (Lipinski definition) is 3. The largest absolute Gasteiger partial charge is 0.491 e. The Morgan fingerprint density at radius 3 is 2.82 bits per heavy atom. The van der Waals surface area contributed by atoms with Gasteiger partial charge >= 0.3 is 0 Å². The second-order valence-corrected chi connectivity index (χ2v) is 7.90. The Hall–Kier alpha value is -3.78. The fourth-order valence-corrected chi connectivity index (χ4v) is 4.00. The van der Waals surface area contributed by atoms with Gasteiger partial charge in [-0.3, -0.25) is 9.59 Å². The maximum Gasteiger partial charge on any atom is 0.257 e. The second kappa shape index (κ2) is 10.2. The molecule has 172 valence electrons. The first-order chi connectivity index (χ1) is 16.1. The molecule has 8 nitrogen and oxygen atoms in total. The van der Waals surface area contributed by atoms with Crippen LogP contribution in [0.5, 0.6) is 5.75 Å². The van der Waals surface area contributed by atoms with E-state index >= 15 is 0 Å². The number of aromatic nitrogens is 1. The minimum absolute atomic E-state index is 0.0624. The minimum atomic E-state index is -0.163. The van der Waals surface area contributed by atoms with Crippen molar-refractivity contribution in [3.63, 3.8) is 0 Å². The van der Waals surface area contributed by atoms with Crippen LogP contribution in [0.4, 0.5) is 17.1 Å². The van der Waals surface area contributed by atoms with Crippen LogP contribution in [0.2, 0.25) is 0 Å². The van der Waals surface area contributed by atoms with Gasteiger partial charge in [0.05, 0.1) is 17.7 Å². The van der Waals surface area contributed by atoms with Crippen LogP contribution in [-0.2, 0) is 9.53 Å². The summed E-state index contributed by atoms with van der Waals surface area (Å²) in [5, 5.41) is 7.79. The molecule has 1 aliphatic heterocycles. The van der Waals surface area contributed by atoms with Crippen molar-refractivity contribution in [3.05, 3.63) is 71.7 Å². The molecule has 1 aliphatic rings. The molecule has 0 bridgehead atoms. The number of nitrogens with one attached hydrogen (secondary N) is 3. The number of carbonyl (C=O) groups excluding carboxylic acids is 1. The lowest BCUT2D eigenvalue weighted by atomic mass is 10.1. The van der Waals surface area contributed by atoms with Gasteiger partial charge in [-0.15, -0.1) is 0 Å². The first-order valence-electron chi connectivity index (χ1n) is 10.9. The average Bonchev–Trinajstić information content (AvgIpc) is 3.28. The molecule has 1 aromatic heterocycles. The maximum atomic E-state index is 12.6. The summed E-state index contributed by atoms with van der Waals surface area (Å²) in [6, 6.07) is 13.5. The van der Waals surface area contributed by atoms with E-state index in [9.17, 15) is 9.59 Å². The van der Waals surface area contributed by atoms with Gasteiger partial charge in [-0.25, -0.2) is 0 Å². The standard InChI is InChI=1S/C25H28N4O4/c1-3-23(30)28-19-9-11-29(16-19)20-14-17-8-10-26-25(31)24(17)22(15-20)27-18-4-6-21(7-5-18)33-13-12-32-2/h3-8,10,14-15,19,27H,1,9,11-13,16H2,2H3,(H,26,31)(H,28,30). The van der Waals surface area contributed by atoms with Crippen molar-refractivity contribution in [1.29, 1.82) is 0 Å². The molecule has 0 aliphatic carbocycles. The van der Waals surface area contributed by atoms with E-state index in [0.717, 1.165) is 41.2 Å². The molecule has 4 rings (SSSR count). The number of amides is 1. The summed E-state index contributed by atoms with van der Waals surface area (Å²) in [6.07, 6.45) is 3.79. The predicted octanol–water partition coefficient (Wildman–Crippen LogP) is 3.18. The van der Waals surface area contributed by atoms with E-state index < -0.39 is 0 Å². The molecule has 1 saturated heterocycles. The highest BCUT2D eigenvalue weighted by Gasteiger charge is 2.24. The Bertz CT molecular complexity index is 1190. The fourth-order valence-electron chi connectivity index (χ4n) is 4.00. The number of rotatable bonds is 9. The number of nitrogens with zero attached hydrogens (tertiary/aromatic N) is 1. The predicted molar refractivity (Wildman–Crippen MR) is 131 cm³/mol. The summed E-state index contributed by atoms with van der Waals surface area (Å²) in [4.78, 5) is 29.3. The molecule has 0 saturated carbocycles. The zero-order chi connectivity index (χ0) is 23.2. The van der Waals surface area contributed by atoms with Gasteiger partial charge in [0.2, 0.25) is 5.91 Å². The third kappa shape index (κ3) is 5.35. The third-order valence-electron chi connectivity index (χ3n) is 5.63. The zero-order valence-corrected chi connectivity index (χ0v) is 18.6. The highest BCUT2D eigenvalue weighted by atomic mass is 16.5. The van der Waals surface area contributed by atoms with E-state index in [0.29, 0.717) is 25.1 Å². The number of ether oxygens (including phenoxy) is 2. The molecular formula is C25H28N4O4. The Morgan fingerprint density at radius 1 is 1.24 bits per heavy atom. The maximum absolute atomic E-state index is 12.6. The van der Waals surface area contributed by atoms with Crippen LogP contribution in [0.1, 0.15) is 6.42 Å². The van der Waals surface area contributed by atoms with E-state index in [1.807, 2.05) is 42.5 Å². The molecule has 2 heterocycles. The van der Waals surface area contributed by atoms with Gasteiger partial charge in [0.1, 0.15) is 12.4 Å². The van der Waals surface area contributed by atoms with E-state index in [2.05, 4.69) is 27.1 Å². The highest BCUT2D eigenvalue weighted by molar-refractivity contribution is 5.97. The zero-order valence-electron chi connectivity index (χ0n) is 18.6. The number of H-pyrrole nitrogens is 1. The monoisotopic (exact) mass is 448 g/mol. The van der Waals surface area contributed by atoms with Crippen molar-refractivity contribution in [2.24, 2.45) is 0 Å². The number of methoxy groups -OCH3 is 1. The number of hydrogen-bond acceptors (Lipinski definition) is 6. The van der Waals surface area contributed by atoms with E-state index in [1.165, 1.54) is 6.08 Å². The summed E-state index contributed by atoms with van der Waals surface area (Å²) >= 11 is 0. The van der Waals surface area contributed by atoms with Crippen molar-refractivity contribution in [2.75, 3.05) is 43.6 Å². The Morgan fingerprint density at radius 2 is 2.06 bits per heavy atom. The van der Waals surface area contributed by atoms with Gasteiger partial charge in [0, 0.05) is 43.8 Å². The molecule has 1 atom stereocenters. The molecule has 1 amide bonds. The van der Waals surface area contributed by atoms with Crippen LogP contribution in [-0.4, -0.2) is 50.3 Å². The normalized spacial score (nSPS) is 15.4. The topological polar surface area (TPSA) is 95.7 Å². The molecule has 1 unspecified atom stereocenters. The van der Waals surface area contributed by atoms with Gasteiger partial charge in [-0.1, -0.05) is 6.58 Å². The number of anilines is 3. The van der Waals surface area contributed by atoms with Crippen molar-refractivity contribution in [2.45, 2.75) is 12.5 Å². The van der Waals surface area contributed by atoms with Gasteiger partial charge in [-0.2, -0.15) is 0 Å². The van der Waals surface area contributed by atoms with Crippen LogP contribution in [0.15, 0.2) is 66.1 Å². The van der Waals surface area contributed by atoms with E-state index in [-0.39, 0.29) is 17.5 Å². The van der Waals surface area contributed by atoms with E-state index in [4.69, 9.17) is 9.47 Å². The number of carbonyl (C=O) groups is 1. The average molecular weight is 449 g/mol. The van der Waals surface area contributed by atoms with Crippen molar-refractivity contribution >= 4 is 33.7 Å². The molecule has 0 spiro atoms. The Kier molecular flexibility index (Phi) is 6.95. The van der Waals surface area contributed by atoms with Crippen LogP contribution in [0.25, 0.3) is 10.8 Å². The number of aromatic amines is 1. The summed E-state index contributed by atoms with van der Waals surface area (Å²) in [6.45, 7) is 6.03. The number of fused-ring (bicyclic) bond motifs is 1.